The molecule has 5 heteroatoms. The van der Waals surface area contributed by atoms with E-state index in [1.807, 2.05) is 69.3 Å². The third-order valence-corrected chi connectivity index (χ3v) is 5.15. The van der Waals surface area contributed by atoms with Crippen molar-refractivity contribution in [3.05, 3.63) is 95.1 Å². The fraction of sp³-hybridized carbons (Fsp3) is 0.231. The topological polar surface area (TPSA) is 67.4 Å². The Labute approximate surface area is 183 Å². The van der Waals surface area contributed by atoms with Gasteiger partial charge in [-0.15, -0.1) is 0 Å². The Morgan fingerprint density at radius 2 is 1.42 bits per heavy atom. The maximum atomic E-state index is 12.9. The highest BCUT2D eigenvalue weighted by Crippen LogP contribution is 2.24. The lowest BCUT2D eigenvalue weighted by Crippen LogP contribution is -2.32. The summed E-state index contributed by atoms with van der Waals surface area (Å²) in [5, 5.41) is 5.83. The molecule has 2 amide bonds. The summed E-state index contributed by atoms with van der Waals surface area (Å²) in [7, 11) is 0. The van der Waals surface area contributed by atoms with Crippen LogP contribution < -0.4 is 15.4 Å². The number of aryl methyl sites for hydroxylation is 2. The minimum atomic E-state index is -0.723. The monoisotopic (exact) mass is 416 g/mol. The SMILES string of the molecule is Cc1cccc(C)c1O[C@@H](C)C(=O)Nc1ccccc1C(=O)N[C@@H](C)c1ccccc1. The number of hydrogen-bond donors (Lipinski definition) is 2. The van der Waals surface area contributed by atoms with Gasteiger partial charge in [0.2, 0.25) is 0 Å². The first-order chi connectivity index (χ1) is 14.9. The van der Waals surface area contributed by atoms with E-state index in [1.54, 1.807) is 31.2 Å². The van der Waals surface area contributed by atoms with Gasteiger partial charge in [-0.2, -0.15) is 0 Å². The normalized spacial score (nSPS) is 12.5. The summed E-state index contributed by atoms with van der Waals surface area (Å²) in [6, 6.07) is 22.4. The highest BCUT2D eigenvalue weighted by Gasteiger charge is 2.20. The predicted molar refractivity (Wildman–Crippen MR) is 123 cm³/mol. The minimum Gasteiger partial charge on any atom is -0.480 e. The lowest BCUT2D eigenvalue weighted by Gasteiger charge is -2.19. The zero-order valence-electron chi connectivity index (χ0n) is 18.3. The molecule has 0 aromatic heterocycles. The molecule has 3 aromatic rings. The van der Waals surface area contributed by atoms with Crippen LogP contribution in [0, 0.1) is 13.8 Å². The lowest BCUT2D eigenvalue weighted by molar-refractivity contribution is -0.122. The van der Waals surface area contributed by atoms with Crippen LogP contribution >= 0.6 is 0 Å². The van der Waals surface area contributed by atoms with E-state index in [1.165, 1.54) is 0 Å². The molecule has 31 heavy (non-hydrogen) atoms. The Morgan fingerprint density at radius 1 is 0.806 bits per heavy atom. The predicted octanol–water partition coefficient (Wildman–Crippen LogP) is 5.20. The maximum Gasteiger partial charge on any atom is 0.265 e. The van der Waals surface area contributed by atoms with Crippen molar-refractivity contribution in [1.29, 1.82) is 0 Å². The second-order valence-electron chi connectivity index (χ2n) is 7.62. The van der Waals surface area contributed by atoms with E-state index in [0.717, 1.165) is 16.7 Å². The summed E-state index contributed by atoms with van der Waals surface area (Å²) in [5.41, 5.74) is 3.79. The molecular weight excluding hydrogens is 388 g/mol. The molecule has 3 aromatic carbocycles. The zero-order valence-corrected chi connectivity index (χ0v) is 18.3. The van der Waals surface area contributed by atoms with Gasteiger partial charge in [-0.1, -0.05) is 60.7 Å². The third kappa shape index (κ3) is 5.51. The van der Waals surface area contributed by atoms with Gasteiger partial charge in [0.25, 0.3) is 11.8 Å². The number of benzene rings is 3. The maximum absolute atomic E-state index is 12.9. The van der Waals surface area contributed by atoms with Crippen LogP contribution in [0.1, 0.15) is 46.9 Å². The highest BCUT2D eigenvalue weighted by molar-refractivity contribution is 6.04. The molecule has 0 aliphatic heterocycles. The fourth-order valence-corrected chi connectivity index (χ4v) is 3.34. The van der Waals surface area contributed by atoms with Crippen molar-refractivity contribution >= 4 is 17.5 Å². The van der Waals surface area contributed by atoms with Crippen molar-refractivity contribution in [2.24, 2.45) is 0 Å². The van der Waals surface area contributed by atoms with Gasteiger partial charge in [-0.3, -0.25) is 9.59 Å². The first-order valence-corrected chi connectivity index (χ1v) is 10.4. The number of anilines is 1. The van der Waals surface area contributed by atoms with Crippen molar-refractivity contribution in [3.63, 3.8) is 0 Å². The van der Waals surface area contributed by atoms with E-state index in [2.05, 4.69) is 10.6 Å². The van der Waals surface area contributed by atoms with Gasteiger partial charge >= 0.3 is 0 Å². The quantitative estimate of drug-likeness (QED) is 0.556. The Bertz CT molecular complexity index is 1040. The lowest BCUT2D eigenvalue weighted by atomic mass is 10.1. The molecule has 0 saturated carbocycles. The van der Waals surface area contributed by atoms with Crippen LogP contribution in [0.3, 0.4) is 0 Å². The van der Waals surface area contributed by atoms with Crippen LogP contribution in [0.4, 0.5) is 5.69 Å². The molecule has 160 valence electrons. The second kappa shape index (κ2) is 9.94. The molecule has 0 saturated heterocycles. The van der Waals surface area contributed by atoms with E-state index in [9.17, 15) is 9.59 Å². The summed E-state index contributed by atoms with van der Waals surface area (Å²) < 4.78 is 5.92. The van der Waals surface area contributed by atoms with Crippen molar-refractivity contribution in [2.45, 2.75) is 39.8 Å². The van der Waals surface area contributed by atoms with Crippen molar-refractivity contribution in [1.82, 2.24) is 5.32 Å². The van der Waals surface area contributed by atoms with Gasteiger partial charge in [0.1, 0.15) is 5.75 Å². The van der Waals surface area contributed by atoms with Gasteiger partial charge in [-0.25, -0.2) is 0 Å². The first-order valence-electron chi connectivity index (χ1n) is 10.4. The van der Waals surface area contributed by atoms with Crippen LogP contribution in [0.15, 0.2) is 72.8 Å². The highest BCUT2D eigenvalue weighted by atomic mass is 16.5. The number of carbonyl (C=O) groups is 2. The van der Waals surface area contributed by atoms with Crippen LogP contribution in [0.5, 0.6) is 5.75 Å². The molecule has 0 bridgehead atoms. The van der Waals surface area contributed by atoms with E-state index < -0.39 is 6.10 Å². The van der Waals surface area contributed by atoms with Crippen LogP contribution in [-0.2, 0) is 4.79 Å². The van der Waals surface area contributed by atoms with Crippen molar-refractivity contribution in [3.8, 4) is 5.75 Å². The molecule has 0 heterocycles. The number of ether oxygens (including phenoxy) is 1. The number of rotatable bonds is 7. The number of amides is 2. The molecule has 0 spiro atoms. The van der Waals surface area contributed by atoms with Gasteiger partial charge in [-0.05, 0) is 56.5 Å². The molecule has 2 atom stereocenters. The largest absolute Gasteiger partial charge is 0.480 e. The van der Waals surface area contributed by atoms with E-state index >= 15 is 0 Å². The molecule has 2 N–H and O–H groups in total. The number of para-hydroxylation sites is 2. The summed E-state index contributed by atoms with van der Waals surface area (Å²) in [4.78, 5) is 25.7. The molecule has 0 aliphatic carbocycles. The smallest absolute Gasteiger partial charge is 0.265 e. The summed E-state index contributed by atoms with van der Waals surface area (Å²) in [5.74, 6) is 0.127. The zero-order chi connectivity index (χ0) is 22.4. The molecule has 3 rings (SSSR count). The minimum absolute atomic E-state index is 0.163. The Balaban J connectivity index is 1.71. The molecular formula is C26H28N2O3. The van der Waals surface area contributed by atoms with E-state index in [4.69, 9.17) is 4.74 Å². The summed E-state index contributed by atoms with van der Waals surface area (Å²) in [6.45, 7) is 7.51. The van der Waals surface area contributed by atoms with Crippen LogP contribution in [0.2, 0.25) is 0 Å². The van der Waals surface area contributed by atoms with Gasteiger partial charge in [0.15, 0.2) is 6.10 Å². The molecule has 0 fully saturated rings. The Hall–Kier alpha value is -3.60. The third-order valence-electron chi connectivity index (χ3n) is 5.15. The average Bonchev–Trinajstić information content (AvgIpc) is 2.77. The number of hydrogen-bond acceptors (Lipinski definition) is 3. The fourth-order valence-electron chi connectivity index (χ4n) is 3.34. The van der Waals surface area contributed by atoms with Crippen molar-refractivity contribution < 1.29 is 14.3 Å². The van der Waals surface area contributed by atoms with Gasteiger partial charge < -0.3 is 15.4 Å². The summed E-state index contributed by atoms with van der Waals surface area (Å²) in [6.07, 6.45) is -0.723. The molecule has 5 nitrogen and oxygen atoms in total. The second-order valence-corrected chi connectivity index (χ2v) is 7.62. The first kappa shape index (κ1) is 22.1. The molecule has 0 unspecified atom stereocenters. The van der Waals surface area contributed by atoms with Crippen molar-refractivity contribution in [2.75, 3.05) is 5.32 Å². The van der Waals surface area contributed by atoms with Crippen LogP contribution in [0.25, 0.3) is 0 Å². The number of nitrogens with one attached hydrogen (secondary N) is 2. The average molecular weight is 417 g/mol. The van der Waals surface area contributed by atoms with Gasteiger partial charge in [0.05, 0.1) is 17.3 Å². The van der Waals surface area contributed by atoms with Crippen LogP contribution in [-0.4, -0.2) is 17.9 Å². The number of carbonyl (C=O) groups excluding carboxylic acids is 2. The standard InChI is InChI=1S/C26H28N2O3/c1-17-11-10-12-18(2)24(17)31-20(4)25(29)28-23-16-9-8-15-22(23)26(30)27-19(3)21-13-6-5-7-14-21/h5-16,19-20H,1-4H3,(H,27,30)(H,28,29)/t19-,20-/m0/s1. The van der Waals surface area contributed by atoms with E-state index in [0.29, 0.717) is 17.0 Å². The van der Waals surface area contributed by atoms with E-state index in [-0.39, 0.29) is 17.9 Å². The summed E-state index contributed by atoms with van der Waals surface area (Å²) >= 11 is 0. The molecule has 0 aliphatic rings. The van der Waals surface area contributed by atoms with Gasteiger partial charge in [0, 0.05) is 0 Å². The Kier molecular flexibility index (Phi) is 7.08. The molecule has 0 radical (unpaired) electrons. The Morgan fingerprint density at radius 3 is 2.10 bits per heavy atom.